The summed E-state index contributed by atoms with van der Waals surface area (Å²) in [6.07, 6.45) is 7.26. The quantitative estimate of drug-likeness (QED) is 0.627. The zero-order valence-electron chi connectivity index (χ0n) is 13.3. The zero-order chi connectivity index (χ0) is 13.8. The van der Waals surface area contributed by atoms with E-state index in [1.165, 1.54) is 44.7 Å². The van der Waals surface area contributed by atoms with Gasteiger partial charge in [-0.3, -0.25) is 0 Å². The first-order valence-electron chi connectivity index (χ1n) is 7.67. The number of hydrogen-bond donors (Lipinski definition) is 0. The van der Waals surface area contributed by atoms with Crippen LogP contribution in [0.5, 0.6) is 0 Å². The lowest BCUT2D eigenvalue weighted by molar-refractivity contribution is 0.254. The molecule has 0 spiro atoms. The monoisotopic (exact) mass is 283 g/mol. The van der Waals surface area contributed by atoms with Gasteiger partial charge in [-0.15, -0.1) is 12.3 Å². The molecule has 3 heteroatoms. The Morgan fingerprint density at radius 3 is 2.06 bits per heavy atom. The van der Waals surface area contributed by atoms with Crippen molar-refractivity contribution in [3.05, 3.63) is 12.3 Å². The summed E-state index contributed by atoms with van der Waals surface area (Å²) in [6, 6.07) is 2.28. The fraction of sp³-hybridized carbons (Fsp3) is 0.867. The Labute approximate surface area is 117 Å². The van der Waals surface area contributed by atoms with Crippen molar-refractivity contribution in [2.24, 2.45) is 0 Å². The maximum atomic E-state index is 4.04. The minimum atomic E-state index is -1.17. The molecule has 1 nitrogen and oxygen atoms in total. The van der Waals surface area contributed by atoms with Gasteiger partial charge >= 0.3 is 0 Å². The summed E-state index contributed by atoms with van der Waals surface area (Å²) < 4.78 is 2.92. The van der Waals surface area contributed by atoms with Crippen molar-refractivity contribution in [2.75, 3.05) is 6.54 Å². The van der Waals surface area contributed by atoms with Crippen molar-refractivity contribution in [3.8, 4) is 0 Å². The predicted octanol–water partition coefficient (Wildman–Crippen LogP) is 4.89. The van der Waals surface area contributed by atoms with Gasteiger partial charge in [0.15, 0.2) is 0 Å². The molecule has 0 aromatic heterocycles. The molecule has 0 atom stereocenters. The Hall–Kier alpha value is 0.134. The first kappa shape index (κ1) is 16.2. The number of nitrogens with zero attached hydrogens (tertiary/aromatic N) is 1. The molecular formula is C15H33NSi2. The minimum absolute atomic E-state index is 0.889. The van der Waals surface area contributed by atoms with Crippen molar-refractivity contribution in [1.29, 1.82) is 0 Å². The smallest absolute Gasteiger partial charge is 0.119 e. The van der Waals surface area contributed by atoms with E-state index in [0.29, 0.717) is 0 Å². The molecular weight excluding hydrogens is 250 g/mol. The molecule has 0 amide bonds. The van der Waals surface area contributed by atoms with Crippen LogP contribution < -0.4 is 0 Å². The standard InChI is InChI=1S/C15H33NSi2/c1-7-18(5,6)14-13-16(17(2,3)4)15-11-9-8-10-12-15/h7,15H,1,8-14H2,2-6H3. The fourth-order valence-electron chi connectivity index (χ4n) is 2.97. The average Bonchev–Trinajstić information content (AvgIpc) is 2.29. The van der Waals surface area contributed by atoms with E-state index >= 15 is 0 Å². The van der Waals surface area contributed by atoms with E-state index in [4.69, 9.17) is 0 Å². The van der Waals surface area contributed by atoms with Crippen LogP contribution in [0.3, 0.4) is 0 Å². The minimum Gasteiger partial charge on any atom is -0.321 e. The van der Waals surface area contributed by atoms with Crippen LogP contribution in [0.1, 0.15) is 32.1 Å². The lowest BCUT2D eigenvalue weighted by atomic mass is 9.95. The Kier molecular flexibility index (Phi) is 5.87. The van der Waals surface area contributed by atoms with Gasteiger partial charge in [-0.25, -0.2) is 0 Å². The topological polar surface area (TPSA) is 3.24 Å². The van der Waals surface area contributed by atoms with Crippen LogP contribution in [0, 0.1) is 0 Å². The van der Waals surface area contributed by atoms with E-state index in [9.17, 15) is 0 Å². The van der Waals surface area contributed by atoms with Gasteiger partial charge in [-0.1, -0.05) is 52.0 Å². The Balaban J connectivity index is 2.64. The molecule has 0 heterocycles. The summed E-state index contributed by atoms with van der Waals surface area (Å²) >= 11 is 0. The van der Waals surface area contributed by atoms with Gasteiger partial charge in [0.05, 0.1) is 8.07 Å². The third kappa shape index (κ3) is 5.02. The third-order valence-electron chi connectivity index (χ3n) is 4.43. The summed E-state index contributed by atoms with van der Waals surface area (Å²) in [4.78, 5) is 0. The normalized spacial score (nSPS) is 19.2. The van der Waals surface area contributed by atoms with E-state index in [0.717, 1.165) is 6.04 Å². The maximum Gasteiger partial charge on any atom is 0.119 e. The molecule has 18 heavy (non-hydrogen) atoms. The van der Waals surface area contributed by atoms with Crippen molar-refractivity contribution >= 4 is 16.3 Å². The van der Waals surface area contributed by atoms with Crippen LogP contribution in [0.2, 0.25) is 38.8 Å². The molecule has 1 saturated carbocycles. The molecule has 1 aliphatic carbocycles. The van der Waals surface area contributed by atoms with Crippen LogP contribution in [0.15, 0.2) is 12.3 Å². The van der Waals surface area contributed by atoms with Crippen LogP contribution in [0.4, 0.5) is 0 Å². The van der Waals surface area contributed by atoms with E-state index in [1.54, 1.807) is 0 Å². The maximum absolute atomic E-state index is 4.04. The molecule has 1 fully saturated rings. The van der Waals surface area contributed by atoms with E-state index in [2.05, 4.69) is 49.6 Å². The molecule has 1 aliphatic rings. The number of hydrogen-bond acceptors (Lipinski definition) is 1. The van der Waals surface area contributed by atoms with Gasteiger partial charge in [-0.2, -0.15) is 0 Å². The molecule has 0 N–H and O–H groups in total. The van der Waals surface area contributed by atoms with Gasteiger partial charge < -0.3 is 4.57 Å². The van der Waals surface area contributed by atoms with Crippen LogP contribution >= 0.6 is 0 Å². The van der Waals surface area contributed by atoms with E-state index in [-0.39, 0.29) is 0 Å². The van der Waals surface area contributed by atoms with Gasteiger partial charge in [-0.05, 0) is 25.4 Å². The highest BCUT2D eigenvalue weighted by Crippen LogP contribution is 2.28. The van der Waals surface area contributed by atoms with Crippen molar-refractivity contribution < 1.29 is 0 Å². The van der Waals surface area contributed by atoms with E-state index in [1.807, 2.05) is 0 Å². The largest absolute Gasteiger partial charge is 0.321 e. The van der Waals surface area contributed by atoms with Crippen LogP contribution in [-0.2, 0) is 0 Å². The molecule has 0 aromatic carbocycles. The first-order valence-corrected chi connectivity index (χ1v) is 14.4. The molecule has 0 saturated heterocycles. The van der Waals surface area contributed by atoms with Gasteiger partial charge in [0.1, 0.15) is 8.24 Å². The molecule has 0 bridgehead atoms. The van der Waals surface area contributed by atoms with Gasteiger partial charge in [0.2, 0.25) is 0 Å². The fourth-order valence-corrected chi connectivity index (χ4v) is 6.35. The second kappa shape index (κ2) is 6.53. The molecule has 1 rings (SSSR count). The molecule has 0 aliphatic heterocycles. The van der Waals surface area contributed by atoms with Crippen molar-refractivity contribution in [3.63, 3.8) is 0 Å². The summed E-state index contributed by atoms with van der Waals surface area (Å²) in [6.45, 7) is 17.8. The van der Waals surface area contributed by atoms with E-state index < -0.39 is 16.3 Å². The average molecular weight is 284 g/mol. The van der Waals surface area contributed by atoms with Gasteiger partial charge in [0, 0.05) is 6.04 Å². The lowest BCUT2D eigenvalue weighted by Crippen LogP contribution is -2.53. The van der Waals surface area contributed by atoms with Crippen molar-refractivity contribution in [1.82, 2.24) is 4.57 Å². The van der Waals surface area contributed by atoms with Crippen LogP contribution in [0.25, 0.3) is 0 Å². The highest BCUT2D eigenvalue weighted by atomic mass is 28.3. The Morgan fingerprint density at radius 1 is 1.06 bits per heavy atom. The number of rotatable bonds is 6. The lowest BCUT2D eigenvalue weighted by Gasteiger charge is -2.43. The summed E-state index contributed by atoms with van der Waals surface area (Å²) in [5, 5.41) is 0. The summed E-state index contributed by atoms with van der Waals surface area (Å²) in [5.74, 6) is 0. The zero-order valence-corrected chi connectivity index (χ0v) is 15.3. The molecule has 0 aromatic rings. The van der Waals surface area contributed by atoms with Crippen LogP contribution in [-0.4, -0.2) is 33.5 Å². The Bertz CT molecular complexity index is 262. The highest BCUT2D eigenvalue weighted by Gasteiger charge is 2.32. The third-order valence-corrected chi connectivity index (χ3v) is 9.36. The summed E-state index contributed by atoms with van der Waals surface area (Å²) in [7, 11) is -2.30. The first-order chi connectivity index (χ1) is 8.26. The van der Waals surface area contributed by atoms with Crippen molar-refractivity contribution in [2.45, 2.75) is 76.9 Å². The Morgan fingerprint density at radius 2 is 1.61 bits per heavy atom. The molecule has 0 unspecified atom stereocenters. The second-order valence-electron chi connectivity index (χ2n) is 7.60. The summed E-state index contributed by atoms with van der Waals surface area (Å²) in [5.41, 5.74) is 2.26. The second-order valence-corrected chi connectivity index (χ2v) is 17.4. The molecule has 0 radical (unpaired) electrons. The molecule has 106 valence electrons. The SMILES string of the molecule is C=C[Si](C)(C)CCN(C1CCCCC1)[Si](C)(C)C. The van der Waals surface area contributed by atoms with Gasteiger partial charge in [0.25, 0.3) is 0 Å². The highest BCUT2D eigenvalue weighted by molar-refractivity contribution is 6.82. The predicted molar refractivity (Wildman–Crippen MR) is 89.4 cm³/mol.